The minimum atomic E-state index is 0.278. The molecule has 0 bridgehead atoms. The van der Waals surface area contributed by atoms with E-state index in [-0.39, 0.29) is 12.2 Å². The van der Waals surface area contributed by atoms with Crippen molar-refractivity contribution < 1.29 is 47.4 Å². The van der Waals surface area contributed by atoms with Crippen LogP contribution in [0.15, 0.2) is 109 Å². The predicted octanol–water partition coefficient (Wildman–Crippen LogP) is 7.93. The van der Waals surface area contributed by atoms with Crippen molar-refractivity contribution in [3.63, 3.8) is 0 Å². The Hall–Kier alpha value is -5.01. The molecule has 2 fully saturated rings. The van der Waals surface area contributed by atoms with E-state index in [0.717, 1.165) is 52.7 Å². The van der Waals surface area contributed by atoms with E-state index in [1.54, 1.807) is 6.07 Å². The Kier molecular flexibility index (Phi) is 14.0. The van der Waals surface area contributed by atoms with Crippen LogP contribution in [-0.4, -0.2) is 96.5 Å². The van der Waals surface area contributed by atoms with Gasteiger partial charge in [-0.2, -0.15) is 0 Å². The highest BCUT2D eigenvalue weighted by Gasteiger charge is 2.22. The Balaban J connectivity index is 0.828. The molecule has 3 heterocycles. The van der Waals surface area contributed by atoms with E-state index in [4.69, 9.17) is 47.4 Å². The van der Waals surface area contributed by atoms with Gasteiger partial charge >= 0.3 is 0 Å². The molecule has 288 valence electrons. The fraction of sp³-hybridized carbons (Fsp3) is 0.341. The van der Waals surface area contributed by atoms with E-state index >= 15 is 0 Å². The summed E-state index contributed by atoms with van der Waals surface area (Å²) < 4.78 is 56.2. The summed E-state index contributed by atoms with van der Waals surface area (Å²) in [7, 11) is 0. The zero-order valence-electron chi connectivity index (χ0n) is 31.1. The van der Waals surface area contributed by atoms with Gasteiger partial charge < -0.3 is 47.4 Å². The Morgan fingerprint density at radius 3 is 1.27 bits per heavy atom. The van der Waals surface area contributed by atoms with Crippen LogP contribution in [0.5, 0.6) is 34.6 Å². The third-order valence-corrected chi connectivity index (χ3v) is 8.59. The van der Waals surface area contributed by atoms with Crippen molar-refractivity contribution in [3.05, 3.63) is 115 Å². The molecular weight excluding hydrogens is 702 g/mol. The van der Waals surface area contributed by atoms with Gasteiger partial charge in [0, 0.05) is 17.8 Å². The highest BCUT2D eigenvalue weighted by molar-refractivity contribution is 5.66. The zero-order chi connectivity index (χ0) is 37.5. The molecule has 2 aliphatic heterocycles. The Morgan fingerprint density at radius 1 is 0.455 bits per heavy atom. The second-order valence-corrected chi connectivity index (χ2v) is 13.1. The summed E-state index contributed by atoms with van der Waals surface area (Å²) in [5.74, 6) is 4.06. The van der Waals surface area contributed by atoms with E-state index in [2.05, 4.69) is 4.98 Å². The van der Waals surface area contributed by atoms with Gasteiger partial charge in [-0.1, -0.05) is 48.5 Å². The van der Waals surface area contributed by atoms with Crippen molar-refractivity contribution in [1.29, 1.82) is 0 Å². The van der Waals surface area contributed by atoms with Crippen molar-refractivity contribution in [1.82, 2.24) is 4.98 Å². The topological polar surface area (TPSA) is 112 Å². The van der Waals surface area contributed by atoms with Gasteiger partial charge in [-0.05, 0) is 77.7 Å². The molecule has 0 N–H and O–H groups in total. The second-order valence-electron chi connectivity index (χ2n) is 13.1. The van der Waals surface area contributed by atoms with Crippen molar-refractivity contribution >= 4 is 0 Å². The average molecular weight is 750 g/mol. The fourth-order valence-corrected chi connectivity index (χ4v) is 5.53. The monoisotopic (exact) mass is 749 g/mol. The van der Waals surface area contributed by atoms with Gasteiger partial charge in [0.15, 0.2) is 0 Å². The summed E-state index contributed by atoms with van der Waals surface area (Å²) in [4.78, 5) is 4.56. The fourth-order valence-electron chi connectivity index (χ4n) is 5.53. The molecule has 0 aliphatic carbocycles. The van der Waals surface area contributed by atoms with Crippen LogP contribution < -0.4 is 18.9 Å². The molecule has 0 amide bonds. The minimum Gasteiger partial charge on any atom is -0.491 e. The van der Waals surface area contributed by atoms with Crippen molar-refractivity contribution in [3.8, 4) is 56.9 Å². The number of aromatic nitrogens is 1. The van der Waals surface area contributed by atoms with Gasteiger partial charge in [-0.3, -0.25) is 0 Å². The molecular formula is C44H47NO10. The summed E-state index contributed by atoms with van der Waals surface area (Å²) in [6.07, 6.45) is 0.557. The first-order valence-corrected chi connectivity index (χ1v) is 18.7. The summed E-state index contributed by atoms with van der Waals surface area (Å²) in [6, 6.07) is 35.5. The SMILES string of the molecule is Cc1cc(Oc2ccc(-c3ccc(OCCOCCOCC4CO4)cc3)cc2)cc(Oc2ccc(-c3ccc(OCCOCCOCC4CO4)cc3)cc2)n1. The molecule has 0 spiro atoms. The van der Waals surface area contributed by atoms with E-state index in [1.165, 1.54) is 0 Å². The number of benzene rings is 4. The maximum atomic E-state index is 6.20. The normalized spacial score (nSPS) is 15.7. The number of epoxide rings is 2. The van der Waals surface area contributed by atoms with Crippen LogP contribution in [0.1, 0.15) is 5.69 Å². The molecule has 7 rings (SSSR count). The third-order valence-electron chi connectivity index (χ3n) is 8.59. The molecule has 11 heteroatoms. The lowest BCUT2D eigenvalue weighted by Gasteiger charge is -2.11. The summed E-state index contributed by atoms with van der Waals surface area (Å²) >= 11 is 0. The number of hydrogen-bond donors (Lipinski definition) is 0. The third kappa shape index (κ3) is 13.1. The second kappa shape index (κ2) is 20.1. The lowest BCUT2D eigenvalue weighted by Crippen LogP contribution is -2.12. The molecule has 55 heavy (non-hydrogen) atoms. The van der Waals surface area contributed by atoms with Crippen LogP contribution in [0, 0.1) is 6.92 Å². The maximum Gasteiger partial charge on any atom is 0.223 e. The van der Waals surface area contributed by atoms with Gasteiger partial charge in [0.1, 0.15) is 54.2 Å². The molecule has 4 aromatic carbocycles. The minimum absolute atomic E-state index is 0.278. The van der Waals surface area contributed by atoms with E-state index in [9.17, 15) is 0 Å². The van der Waals surface area contributed by atoms with Gasteiger partial charge in [-0.15, -0.1) is 0 Å². The van der Waals surface area contributed by atoms with Crippen molar-refractivity contribution in [2.45, 2.75) is 19.1 Å². The average Bonchev–Trinajstić information content (AvgIpc) is 4.15. The van der Waals surface area contributed by atoms with E-state index < -0.39 is 0 Å². The molecule has 0 radical (unpaired) electrons. The lowest BCUT2D eigenvalue weighted by atomic mass is 10.1. The number of nitrogens with zero attached hydrogens (tertiary/aromatic N) is 1. The standard InChI is InChI=1S/C44H47NO10/c1-32-26-41(54-39-14-6-35(7-15-39)33-2-10-37(11-3-33)50-24-22-46-18-20-48-28-42-30-52-42)27-44(45-32)55-40-16-8-36(9-17-40)34-4-12-38(13-5-34)51-25-23-47-19-21-49-29-43-31-53-43/h2-17,26-27,42-43H,18-25,28-31H2,1H3. The summed E-state index contributed by atoms with van der Waals surface area (Å²) in [5, 5.41) is 0. The molecule has 2 unspecified atom stereocenters. The van der Waals surface area contributed by atoms with Crippen molar-refractivity contribution in [2.24, 2.45) is 0 Å². The number of hydrogen-bond acceptors (Lipinski definition) is 11. The quantitative estimate of drug-likeness (QED) is 0.0453. The smallest absolute Gasteiger partial charge is 0.223 e. The largest absolute Gasteiger partial charge is 0.491 e. The first-order chi connectivity index (χ1) is 27.1. The Morgan fingerprint density at radius 2 is 0.836 bits per heavy atom. The van der Waals surface area contributed by atoms with Gasteiger partial charge in [0.25, 0.3) is 0 Å². The van der Waals surface area contributed by atoms with Crippen LogP contribution in [0.2, 0.25) is 0 Å². The highest BCUT2D eigenvalue weighted by atomic mass is 16.6. The maximum absolute atomic E-state index is 6.20. The first-order valence-electron chi connectivity index (χ1n) is 18.7. The Labute approximate surface area is 321 Å². The zero-order valence-corrected chi connectivity index (χ0v) is 31.1. The van der Waals surface area contributed by atoms with Crippen LogP contribution >= 0.6 is 0 Å². The highest BCUT2D eigenvalue weighted by Crippen LogP contribution is 2.31. The first kappa shape index (κ1) is 38.3. The number of rotatable bonds is 24. The Bertz CT molecular complexity index is 1740. The number of pyridine rings is 1. The molecule has 0 saturated carbocycles. The van der Waals surface area contributed by atoms with Gasteiger partial charge in [-0.25, -0.2) is 4.98 Å². The molecule has 2 saturated heterocycles. The lowest BCUT2D eigenvalue weighted by molar-refractivity contribution is 0.0317. The van der Waals surface area contributed by atoms with Gasteiger partial charge in [0.05, 0.1) is 66.1 Å². The van der Waals surface area contributed by atoms with Crippen LogP contribution in [0.25, 0.3) is 22.3 Å². The molecule has 11 nitrogen and oxygen atoms in total. The molecule has 1 aromatic heterocycles. The molecule has 2 atom stereocenters. The van der Waals surface area contributed by atoms with Gasteiger partial charge in [0.2, 0.25) is 5.88 Å². The molecule has 2 aliphatic rings. The van der Waals surface area contributed by atoms with E-state index in [0.29, 0.717) is 89.2 Å². The van der Waals surface area contributed by atoms with Crippen LogP contribution in [0.4, 0.5) is 0 Å². The molecule has 5 aromatic rings. The van der Waals surface area contributed by atoms with E-state index in [1.807, 2.05) is 110 Å². The number of aryl methyl sites for hydroxylation is 1. The number of ether oxygens (including phenoxy) is 10. The van der Waals surface area contributed by atoms with Crippen molar-refractivity contribution in [2.75, 3.05) is 79.3 Å². The summed E-state index contributed by atoms with van der Waals surface area (Å²) in [5.41, 5.74) is 5.06. The summed E-state index contributed by atoms with van der Waals surface area (Å²) in [6.45, 7) is 8.97. The van der Waals surface area contributed by atoms with Crippen LogP contribution in [-0.2, 0) is 28.4 Å². The van der Waals surface area contributed by atoms with Crippen LogP contribution in [0.3, 0.4) is 0 Å². The predicted molar refractivity (Wildman–Crippen MR) is 207 cm³/mol.